The van der Waals surface area contributed by atoms with Crippen LogP contribution < -0.4 is 0 Å². The molecule has 2 nitrogen and oxygen atoms in total. The van der Waals surface area contributed by atoms with Gasteiger partial charge in [0, 0.05) is 30.4 Å². The molecule has 0 spiro atoms. The summed E-state index contributed by atoms with van der Waals surface area (Å²) in [4.78, 5) is 13.3. The quantitative estimate of drug-likeness (QED) is 0.781. The van der Waals surface area contributed by atoms with Crippen LogP contribution in [0.4, 0.5) is 0 Å². The van der Waals surface area contributed by atoms with E-state index in [1.165, 1.54) is 5.56 Å². The van der Waals surface area contributed by atoms with E-state index in [0.717, 1.165) is 10.0 Å². The summed E-state index contributed by atoms with van der Waals surface area (Å²) < 4.78 is 1.03. The number of alkyl halides is 1. The standard InChI is InChI=1S/C12H15BrClNO/c1-9-3-4-11(13)7-10(9)8-15(2)12(16)5-6-14/h3-4,7H,5-6,8H2,1-2H3. The van der Waals surface area contributed by atoms with Gasteiger partial charge in [0.05, 0.1) is 0 Å². The third-order valence-corrected chi connectivity index (χ3v) is 3.14. The van der Waals surface area contributed by atoms with Crippen molar-refractivity contribution in [3.05, 3.63) is 33.8 Å². The summed E-state index contributed by atoms with van der Waals surface area (Å²) in [6.07, 6.45) is 0.394. The maximum Gasteiger partial charge on any atom is 0.223 e. The summed E-state index contributed by atoms with van der Waals surface area (Å²) in [6, 6.07) is 6.08. The minimum absolute atomic E-state index is 0.0781. The molecule has 0 heterocycles. The van der Waals surface area contributed by atoms with Gasteiger partial charge in [0.2, 0.25) is 5.91 Å². The van der Waals surface area contributed by atoms with Crippen LogP contribution in [0.1, 0.15) is 17.5 Å². The van der Waals surface area contributed by atoms with E-state index in [1.807, 2.05) is 25.1 Å². The van der Waals surface area contributed by atoms with Crippen molar-refractivity contribution in [1.82, 2.24) is 4.90 Å². The number of amides is 1. The lowest BCUT2D eigenvalue weighted by atomic mass is 10.1. The van der Waals surface area contributed by atoms with Crippen molar-refractivity contribution in [1.29, 1.82) is 0 Å². The van der Waals surface area contributed by atoms with E-state index in [-0.39, 0.29) is 5.91 Å². The van der Waals surface area contributed by atoms with E-state index in [0.29, 0.717) is 18.8 Å². The van der Waals surface area contributed by atoms with E-state index >= 15 is 0 Å². The normalized spacial score (nSPS) is 10.2. The van der Waals surface area contributed by atoms with Crippen LogP contribution >= 0.6 is 27.5 Å². The molecule has 0 saturated heterocycles. The van der Waals surface area contributed by atoms with Crippen molar-refractivity contribution >= 4 is 33.4 Å². The van der Waals surface area contributed by atoms with Crippen molar-refractivity contribution in [3.63, 3.8) is 0 Å². The van der Waals surface area contributed by atoms with Crippen molar-refractivity contribution in [2.75, 3.05) is 12.9 Å². The highest BCUT2D eigenvalue weighted by molar-refractivity contribution is 9.10. The van der Waals surface area contributed by atoms with Gasteiger partial charge in [-0.15, -0.1) is 11.6 Å². The fraction of sp³-hybridized carbons (Fsp3) is 0.417. The van der Waals surface area contributed by atoms with Gasteiger partial charge in [-0.1, -0.05) is 22.0 Å². The topological polar surface area (TPSA) is 20.3 Å². The van der Waals surface area contributed by atoms with E-state index in [9.17, 15) is 4.79 Å². The van der Waals surface area contributed by atoms with Gasteiger partial charge in [-0.25, -0.2) is 0 Å². The monoisotopic (exact) mass is 303 g/mol. The van der Waals surface area contributed by atoms with Gasteiger partial charge in [0.25, 0.3) is 0 Å². The first kappa shape index (κ1) is 13.5. The molecule has 0 fully saturated rings. The Labute approximate surface area is 110 Å². The van der Waals surface area contributed by atoms with Gasteiger partial charge in [-0.3, -0.25) is 4.79 Å². The molecule has 88 valence electrons. The largest absolute Gasteiger partial charge is 0.341 e. The number of aryl methyl sites for hydroxylation is 1. The molecule has 0 aliphatic rings. The molecule has 4 heteroatoms. The van der Waals surface area contributed by atoms with Gasteiger partial charge < -0.3 is 4.90 Å². The molecular formula is C12H15BrClNO. The first-order valence-corrected chi connectivity index (χ1v) is 6.42. The second-order valence-electron chi connectivity index (χ2n) is 3.76. The fourth-order valence-electron chi connectivity index (χ4n) is 1.43. The Morgan fingerprint density at radius 3 is 2.81 bits per heavy atom. The van der Waals surface area contributed by atoms with E-state index in [4.69, 9.17) is 11.6 Å². The first-order chi connectivity index (χ1) is 7.54. The zero-order chi connectivity index (χ0) is 12.1. The Hall–Kier alpha value is -0.540. The zero-order valence-corrected chi connectivity index (χ0v) is 11.8. The lowest BCUT2D eigenvalue weighted by molar-refractivity contribution is -0.129. The van der Waals surface area contributed by atoms with Crippen molar-refractivity contribution in [2.24, 2.45) is 0 Å². The molecule has 0 saturated carbocycles. The van der Waals surface area contributed by atoms with E-state index in [1.54, 1.807) is 11.9 Å². The van der Waals surface area contributed by atoms with Crippen LogP contribution in [0.15, 0.2) is 22.7 Å². The average Bonchev–Trinajstić information content (AvgIpc) is 2.23. The maximum atomic E-state index is 11.6. The highest BCUT2D eigenvalue weighted by atomic mass is 79.9. The molecule has 1 amide bonds. The minimum atomic E-state index is 0.0781. The third kappa shape index (κ3) is 3.80. The SMILES string of the molecule is Cc1ccc(Br)cc1CN(C)C(=O)CCCl. The molecule has 1 aromatic carbocycles. The molecule has 0 bridgehead atoms. The molecule has 16 heavy (non-hydrogen) atoms. The van der Waals surface area contributed by atoms with E-state index < -0.39 is 0 Å². The summed E-state index contributed by atoms with van der Waals surface area (Å²) in [5, 5.41) is 0. The Kier molecular flexibility index (Phi) is 5.29. The van der Waals surface area contributed by atoms with Crippen molar-refractivity contribution < 1.29 is 4.79 Å². The van der Waals surface area contributed by atoms with Crippen LogP contribution in [-0.4, -0.2) is 23.7 Å². The number of hydrogen-bond donors (Lipinski definition) is 0. The lowest BCUT2D eigenvalue weighted by Crippen LogP contribution is -2.26. The van der Waals surface area contributed by atoms with Gasteiger partial charge in [0.1, 0.15) is 0 Å². The average molecular weight is 305 g/mol. The van der Waals surface area contributed by atoms with Gasteiger partial charge in [0.15, 0.2) is 0 Å². The predicted molar refractivity (Wildman–Crippen MR) is 70.7 cm³/mol. The summed E-state index contributed by atoms with van der Waals surface area (Å²) >= 11 is 8.97. The predicted octanol–water partition coefficient (Wildman–Crippen LogP) is 3.34. The number of carbonyl (C=O) groups excluding carboxylic acids is 1. The number of nitrogens with zero attached hydrogens (tertiary/aromatic N) is 1. The number of rotatable bonds is 4. The summed E-state index contributed by atoms with van der Waals surface area (Å²) in [5.74, 6) is 0.454. The Balaban J connectivity index is 2.72. The maximum absolute atomic E-state index is 11.6. The van der Waals surface area contributed by atoms with Crippen molar-refractivity contribution in [2.45, 2.75) is 19.9 Å². The Morgan fingerprint density at radius 1 is 1.50 bits per heavy atom. The number of halogens is 2. The van der Waals surface area contributed by atoms with E-state index in [2.05, 4.69) is 15.9 Å². The second kappa shape index (κ2) is 6.26. The molecule has 0 aliphatic carbocycles. The molecule has 1 rings (SSSR count). The molecule has 0 aliphatic heterocycles. The van der Waals surface area contributed by atoms with Crippen LogP contribution in [0.2, 0.25) is 0 Å². The highest BCUT2D eigenvalue weighted by Gasteiger charge is 2.09. The molecule has 1 aromatic rings. The number of benzene rings is 1. The van der Waals surface area contributed by atoms with Crippen molar-refractivity contribution in [3.8, 4) is 0 Å². The summed E-state index contributed by atoms with van der Waals surface area (Å²) in [5.41, 5.74) is 2.34. The van der Waals surface area contributed by atoms with Gasteiger partial charge >= 0.3 is 0 Å². The van der Waals surface area contributed by atoms with Crippen LogP contribution in [0, 0.1) is 6.92 Å². The number of carbonyl (C=O) groups is 1. The fourth-order valence-corrected chi connectivity index (χ4v) is 2.00. The van der Waals surface area contributed by atoms with Crippen LogP contribution in [0.3, 0.4) is 0 Å². The highest BCUT2D eigenvalue weighted by Crippen LogP contribution is 2.17. The summed E-state index contributed by atoms with van der Waals surface area (Å²) in [6.45, 7) is 2.67. The summed E-state index contributed by atoms with van der Waals surface area (Å²) in [7, 11) is 1.80. The Bertz CT molecular complexity index is 381. The molecule has 0 N–H and O–H groups in total. The minimum Gasteiger partial charge on any atom is -0.341 e. The van der Waals surface area contributed by atoms with Crippen LogP contribution in [0.5, 0.6) is 0 Å². The second-order valence-corrected chi connectivity index (χ2v) is 5.05. The van der Waals surface area contributed by atoms with Gasteiger partial charge in [-0.2, -0.15) is 0 Å². The number of hydrogen-bond acceptors (Lipinski definition) is 1. The van der Waals surface area contributed by atoms with Crippen LogP contribution in [-0.2, 0) is 11.3 Å². The Morgan fingerprint density at radius 2 is 2.19 bits per heavy atom. The lowest BCUT2D eigenvalue weighted by Gasteiger charge is -2.18. The third-order valence-electron chi connectivity index (χ3n) is 2.45. The molecule has 0 unspecified atom stereocenters. The van der Waals surface area contributed by atoms with Gasteiger partial charge in [-0.05, 0) is 30.2 Å². The molecular weight excluding hydrogens is 289 g/mol. The molecule has 0 aromatic heterocycles. The van der Waals surface area contributed by atoms with Crippen LogP contribution in [0.25, 0.3) is 0 Å². The molecule has 0 radical (unpaired) electrons. The smallest absolute Gasteiger partial charge is 0.223 e. The first-order valence-electron chi connectivity index (χ1n) is 5.09. The molecule has 0 atom stereocenters. The zero-order valence-electron chi connectivity index (χ0n) is 9.46.